The van der Waals surface area contributed by atoms with E-state index < -0.39 is 0 Å². The van der Waals surface area contributed by atoms with Gasteiger partial charge in [0.1, 0.15) is 11.6 Å². The van der Waals surface area contributed by atoms with Crippen LogP contribution in [0.4, 0.5) is 0 Å². The molecule has 3 aromatic rings. The van der Waals surface area contributed by atoms with Gasteiger partial charge in [0.05, 0.1) is 16.6 Å². The van der Waals surface area contributed by atoms with Gasteiger partial charge in [-0.25, -0.2) is 0 Å². The van der Waals surface area contributed by atoms with Crippen LogP contribution < -0.4 is 5.32 Å². The number of nitrogens with zero attached hydrogens (tertiary/aromatic N) is 2. The van der Waals surface area contributed by atoms with Crippen molar-refractivity contribution in [2.45, 2.75) is 0 Å². The van der Waals surface area contributed by atoms with E-state index in [4.69, 9.17) is 5.41 Å². The summed E-state index contributed by atoms with van der Waals surface area (Å²) < 4.78 is 0. The smallest absolute Gasteiger partial charge is 0.257 e. The average molecular weight is 264 g/mol. The Bertz CT molecular complexity index is 933. The number of hydrogen-bond acceptors (Lipinski definition) is 5. The maximum Gasteiger partial charge on any atom is 0.257 e. The Morgan fingerprint density at radius 2 is 1.75 bits per heavy atom. The second kappa shape index (κ2) is 3.51. The highest BCUT2D eigenvalue weighted by atomic mass is 16.3. The summed E-state index contributed by atoms with van der Waals surface area (Å²) in [6.07, 6.45) is 0. The second-order valence-electron chi connectivity index (χ2n) is 4.65. The summed E-state index contributed by atoms with van der Waals surface area (Å²) in [7, 11) is 0. The first-order valence-corrected chi connectivity index (χ1v) is 5.97. The van der Waals surface area contributed by atoms with Gasteiger partial charge in [0.25, 0.3) is 5.91 Å². The third-order valence-electron chi connectivity index (χ3n) is 3.42. The molecule has 6 heteroatoms. The summed E-state index contributed by atoms with van der Waals surface area (Å²) >= 11 is 0. The van der Waals surface area contributed by atoms with Crippen LogP contribution in [0.3, 0.4) is 0 Å². The van der Waals surface area contributed by atoms with Crippen LogP contribution in [0.1, 0.15) is 15.9 Å². The molecular formula is C14H8N4O2. The molecule has 1 aliphatic rings. The van der Waals surface area contributed by atoms with Crippen molar-refractivity contribution in [3.8, 4) is 5.75 Å². The molecule has 1 aliphatic heterocycles. The number of rotatable bonds is 0. The molecule has 2 heterocycles. The molecule has 96 valence electrons. The van der Waals surface area contributed by atoms with E-state index in [9.17, 15) is 9.90 Å². The van der Waals surface area contributed by atoms with Crippen LogP contribution in [0, 0.1) is 5.41 Å². The van der Waals surface area contributed by atoms with Gasteiger partial charge in [-0.2, -0.15) is 0 Å². The second-order valence-corrected chi connectivity index (χ2v) is 4.65. The van der Waals surface area contributed by atoms with Gasteiger partial charge >= 0.3 is 0 Å². The van der Waals surface area contributed by atoms with Crippen molar-refractivity contribution in [1.82, 2.24) is 15.5 Å². The van der Waals surface area contributed by atoms with Crippen molar-refractivity contribution in [1.29, 1.82) is 5.41 Å². The Balaban J connectivity index is 2.18. The summed E-state index contributed by atoms with van der Waals surface area (Å²) in [6, 6.07) is 8.17. The lowest BCUT2D eigenvalue weighted by Gasteiger charge is -2.04. The molecule has 0 spiro atoms. The largest absolute Gasteiger partial charge is 0.508 e. The molecule has 2 aromatic carbocycles. The third-order valence-corrected chi connectivity index (χ3v) is 3.42. The number of carbonyl (C=O) groups is 1. The first-order chi connectivity index (χ1) is 9.63. The van der Waals surface area contributed by atoms with Gasteiger partial charge in [0, 0.05) is 16.3 Å². The van der Waals surface area contributed by atoms with Crippen molar-refractivity contribution in [3.63, 3.8) is 0 Å². The number of fused-ring (bicyclic) bond motifs is 4. The highest BCUT2D eigenvalue weighted by Gasteiger charge is 2.25. The van der Waals surface area contributed by atoms with Crippen LogP contribution in [0.25, 0.3) is 21.8 Å². The highest BCUT2D eigenvalue weighted by molar-refractivity contribution is 6.24. The maximum atomic E-state index is 11.8. The summed E-state index contributed by atoms with van der Waals surface area (Å²) in [5.74, 6) is -0.0915. The molecule has 1 amide bonds. The van der Waals surface area contributed by atoms with Gasteiger partial charge in [0.2, 0.25) is 0 Å². The zero-order valence-corrected chi connectivity index (χ0v) is 10.1. The minimum Gasteiger partial charge on any atom is -0.508 e. The number of phenols is 1. The van der Waals surface area contributed by atoms with Crippen molar-refractivity contribution in [2.75, 3.05) is 0 Å². The van der Waals surface area contributed by atoms with Crippen molar-refractivity contribution < 1.29 is 9.90 Å². The fourth-order valence-electron chi connectivity index (χ4n) is 2.46. The van der Waals surface area contributed by atoms with Crippen LogP contribution in [-0.2, 0) is 0 Å². The number of phenolic OH excluding ortho intramolecular Hbond substituents is 1. The zero-order chi connectivity index (χ0) is 13.9. The average Bonchev–Trinajstić information content (AvgIpc) is 2.71. The minimum atomic E-state index is -0.294. The van der Waals surface area contributed by atoms with E-state index >= 15 is 0 Å². The normalized spacial score (nSPS) is 13.8. The van der Waals surface area contributed by atoms with E-state index in [1.807, 2.05) is 0 Å². The number of carbonyl (C=O) groups excluding carboxylic acids is 1. The maximum absolute atomic E-state index is 11.8. The van der Waals surface area contributed by atoms with Gasteiger partial charge < -0.3 is 10.4 Å². The number of aromatic nitrogens is 2. The topological polar surface area (TPSA) is 99.0 Å². The summed E-state index contributed by atoms with van der Waals surface area (Å²) in [6.45, 7) is 0. The van der Waals surface area contributed by atoms with Crippen molar-refractivity contribution in [2.24, 2.45) is 0 Å². The first kappa shape index (κ1) is 10.9. The number of nitrogens with one attached hydrogen (secondary N) is 2. The van der Waals surface area contributed by atoms with Crippen molar-refractivity contribution in [3.05, 3.63) is 41.5 Å². The molecule has 6 nitrogen and oxygen atoms in total. The molecule has 0 unspecified atom stereocenters. The Labute approximate surface area is 112 Å². The lowest BCUT2D eigenvalue weighted by molar-refractivity contribution is 0.0983. The molecule has 0 bridgehead atoms. The van der Waals surface area contributed by atoms with E-state index in [1.165, 1.54) is 0 Å². The first-order valence-electron chi connectivity index (χ1n) is 5.97. The summed E-state index contributed by atoms with van der Waals surface area (Å²) in [5.41, 5.74) is 2.20. The van der Waals surface area contributed by atoms with Crippen LogP contribution in [0.15, 0.2) is 30.3 Å². The molecule has 20 heavy (non-hydrogen) atoms. The fraction of sp³-hybridized carbons (Fsp3) is 0. The van der Waals surface area contributed by atoms with E-state index in [-0.39, 0.29) is 17.5 Å². The number of benzene rings is 2. The molecule has 1 aromatic heterocycles. The predicted octanol–water partition coefficient (Wildman–Crippen LogP) is 1.56. The van der Waals surface area contributed by atoms with E-state index in [2.05, 4.69) is 15.5 Å². The SMILES string of the molecule is N=C1NC(=O)c2cc3c(cc21)nnc1ccc(O)cc13. The fourth-order valence-corrected chi connectivity index (χ4v) is 2.46. The zero-order valence-electron chi connectivity index (χ0n) is 10.1. The van der Waals surface area contributed by atoms with Gasteiger partial charge in [0.15, 0.2) is 0 Å². The third kappa shape index (κ3) is 1.33. The van der Waals surface area contributed by atoms with Gasteiger partial charge in [-0.3, -0.25) is 10.2 Å². The lowest BCUT2D eigenvalue weighted by Crippen LogP contribution is -2.19. The molecule has 0 radical (unpaired) electrons. The van der Waals surface area contributed by atoms with Crippen LogP contribution in [0.2, 0.25) is 0 Å². The van der Waals surface area contributed by atoms with E-state index in [0.29, 0.717) is 22.2 Å². The number of aromatic hydroxyl groups is 1. The molecule has 0 saturated carbocycles. The van der Waals surface area contributed by atoms with Gasteiger partial charge in [-0.05, 0) is 30.3 Å². The minimum absolute atomic E-state index is 0.0738. The summed E-state index contributed by atoms with van der Waals surface area (Å²) in [5, 5.41) is 29.4. The molecular weight excluding hydrogens is 256 g/mol. The highest BCUT2D eigenvalue weighted by Crippen LogP contribution is 2.29. The monoisotopic (exact) mass is 264 g/mol. The molecule has 0 atom stereocenters. The molecule has 4 rings (SSSR count). The summed E-state index contributed by atoms with van der Waals surface area (Å²) in [4.78, 5) is 11.8. The van der Waals surface area contributed by atoms with Gasteiger partial charge in [-0.15, -0.1) is 10.2 Å². The molecule has 0 aliphatic carbocycles. The Kier molecular flexibility index (Phi) is 1.90. The Morgan fingerprint density at radius 3 is 2.60 bits per heavy atom. The Morgan fingerprint density at radius 1 is 1.00 bits per heavy atom. The van der Waals surface area contributed by atoms with Crippen molar-refractivity contribution >= 4 is 33.5 Å². The van der Waals surface area contributed by atoms with Gasteiger partial charge in [-0.1, -0.05) is 0 Å². The predicted molar refractivity (Wildman–Crippen MR) is 73.0 cm³/mol. The number of amidine groups is 1. The van der Waals surface area contributed by atoms with E-state index in [1.54, 1.807) is 30.3 Å². The van der Waals surface area contributed by atoms with Crippen LogP contribution >= 0.6 is 0 Å². The molecule has 0 fully saturated rings. The number of hydrogen-bond donors (Lipinski definition) is 3. The molecule has 0 saturated heterocycles. The van der Waals surface area contributed by atoms with Crippen LogP contribution in [-0.4, -0.2) is 27.0 Å². The molecule has 3 N–H and O–H groups in total. The lowest BCUT2D eigenvalue weighted by atomic mass is 10.0. The quantitative estimate of drug-likeness (QED) is 0.536. The van der Waals surface area contributed by atoms with E-state index in [0.717, 1.165) is 10.8 Å². The standard InChI is InChI=1S/C14H8N4O2/c15-13-9-5-12-8(4-10(9)14(20)16-13)7-3-6(19)1-2-11(7)17-18-12/h1-5,19H,(H2,15,16,20). The number of amides is 1. The van der Waals surface area contributed by atoms with Crippen LogP contribution in [0.5, 0.6) is 5.75 Å². The Hall–Kier alpha value is -3.02.